The van der Waals surface area contributed by atoms with Gasteiger partial charge in [-0.3, -0.25) is 0 Å². The Bertz CT molecular complexity index is 706. The van der Waals surface area contributed by atoms with Crippen molar-refractivity contribution >= 4 is 29.1 Å². The van der Waals surface area contributed by atoms with Crippen molar-refractivity contribution in [3.8, 4) is 0 Å². The number of hydrogen-bond donors (Lipinski definition) is 2. The number of halogens is 4. The van der Waals surface area contributed by atoms with E-state index < -0.39 is 11.7 Å². The van der Waals surface area contributed by atoms with E-state index in [4.69, 9.17) is 11.6 Å². The van der Waals surface area contributed by atoms with E-state index in [0.29, 0.717) is 5.82 Å². The molecule has 0 aliphatic heterocycles. The summed E-state index contributed by atoms with van der Waals surface area (Å²) in [6.07, 6.45) is -2.00. The zero-order valence-electron chi connectivity index (χ0n) is 13.9. The minimum absolute atomic E-state index is 0.0984. The first-order chi connectivity index (χ1) is 11.8. The zero-order chi connectivity index (χ0) is 18.4. The van der Waals surface area contributed by atoms with Gasteiger partial charge < -0.3 is 15.5 Å². The van der Waals surface area contributed by atoms with Crippen LogP contribution in [0.1, 0.15) is 12.0 Å². The average Bonchev–Trinajstić information content (AvgIpc) is 2.53. The van der Waals surface area contributed by atoms with Gasteiger partial charge in [0.15, 0.2) is 0 Å². The molecule has 2 rings (SSSR count). The van der Waals surface area contributed by atoms with Crippen molar-refractivity contribution < 1.29 is 13.2 Å². The third kappa shape index (κ3) is 6.06. The summed E-state index contributed by atoms with van der Waals surface area (Å²) in [4.78, 5) is 10.3. The highest BCUT2D eigenvalue weighted by molar-refractivity contribution is 6.33. The highest BCUT2D eigenvalue weighted by atomic mass is 35.5. The molecule has 9 heteroatoms. The van der Waals surface area contributed by atoms with Crippen molar-refractivity contribution in [2.75, 3.05) is 37.8 Å². The zero-order valence-corrected chi connectivity index (χ0v) is 14.6. The third-order valence-corrected chi connectivity index (χ3v) is 3.61. The first-order valence-electron chi connectivity index (χ1n) is 7.61. The summed E-state index contributed by atoms with van der Waals surface area (Å²) in [6, 6.07) is 4.74. The number of anilines is 3. The van der Waals surface area contributed by atoms with Gasteiger partial charge in [-0.2, -0.15) is 18.2 Å². The number of nitrogens with zero attached hydrogens (tertiary/aromatic N) is 3. The van der Waals surface area contributed by atoms with Crippen LogP contribution in [0.15, 0.2) is 30.5 Å². The minimum Gasteiger partial charge on any atom is -0.370 e. The second kappa shape index (κ2) is 8.35. The first kappa shape index (κ1) is 19.3. The molecule has 0 aliphatic carbocycles. The van der Waals surface area contributed by atoms with Crippen LogP contribution in [0.4, 0.5) is 30.6 Å². The largest absolute Gasteiger partial charge is 0.416 e. The Morgan fingerprint density at radius 3 is 2.64 bits per heavy atom. The number of alkyl halides is 3. The van der Waals surface area contributed by atoms with Crippen LogP contribution in [0.25, 0.3) is 0 Å². The molecule has 25 heavy (non-hydrogen) atoms. The summed E-state index contributed by atoms with van der Waals surface area (Å²) < 4.78 is 38.4. The van der Waals surface area contributed by atoms with Gasteiger partial charge in [-0.1, -0.05) is 11.6 Å². The summed E-state index contributed by atoms with van der Waals surface area (Å²) >= 11 is 5.96. The lowest BCUT2D eigenvalue weighted by molar-refractivity contribution is -0.137. The normalized spacial score (nSPS) is 11.6. The number of aromatic nitrogens is 2. The lowest BCUT2D eigenvalue weighted by Crippen LogP contribution is -2.16. The molecular formula is C16H19ClF3N5. The molecule has 0 radical (unpaired) electrons. The van der Waals surface area contributed by atoms with Gasteiger partial charge in [-0.05, 0) is 51.3 Å². The second-order valence-corrected chi connectivity index (χ2v) is 6.07. The quantitative estimate of drug-likeness (QED) is 0.710. The third-order valence-electron chi connectivity index (χ3n) is 3.28. The summed E-state index contributed by atoms with van der Waals surface area (Å²) in [5, 5.41) is 6.03. The van der Waals surface area contributed by atoms with Gasteiger partial charge in [0.05, 0.1) is 16.3 Å². The predicted octanol–water partition coefficient (Wildman–Crippen LogP) is 4.26. The number of nitrogens with one attached hydrogen (secondary N) is 2. The molecule has 0 fully saturated rings. The van der Waals surface area contributed by atoms with E-state index in [1.165, 1.54) is 12.3 Å². The number of rotatable bonds is 7. The van der Waals surface area contributed by atoms with E-state index in [9.17, 15) is 13.2 Å². The SMILES string of the molecule is CN(C)CCCNc1ccnc(Nc2cc(C(F)(F)F)ccc2Cl)n1. The Kier molecular flexibility index (Phi) is 6.44. The molecule has 1 aromatic carbocycles. The highest BCUT2D eigenvalue weighted by Gasteiger charge is 2.31. The van der Waals surface area contributed by atoms with Gasteiger partial charge in [0.1, 0.15) is 5.82 Å². The van der Waals surface area contributed by atoms with Gasteiger partial charge >= 0.3 is 6.18 Å². The van der Waals surface area contributed by atoms with Crippen LogP contribution in [-0.4, -0.2) is 42.1 Å². The van der Waals surface area contributed by atoms with E-state index in [-0.39, 0.29) is 16.7 Å². The van der Waals surface area contributed by atoms with Crippen molar-refractivity contribution in [1.82, 2.24) is 14.9 Å². The van der Waals surface area contributed by atoms with Crippen LogP contribution in [0.2, 0.25) is 5.02 Å². The molecule has 0 spiro atoms. The summed E-state index contributed by atoms with van der Waals surface area (Å²) in [5.74, 6) is 0.748. The van der Waals surface area contributed by atoms with Crippen molar-refractivity contribution in [3.05, 3.63) is 41.0 Å². The van der Waals surface area contributed by atoms with Gasteiger partial charge in [0.2, 0.25) is 5.95 Å². The van der Waals surface area contributed by atoms with Crippen molar-refractivity contribution in [3.63, 3.8) is 0 Å². The minimum atomic E-state index is -4.45. The summed E-state index contributed by atoms with van der Waals surface area (Å²) in [7, 11) is 3.98. The Balaban J connectivity index is 2.07. The fourth-order valence-electron chi connectivity index (χ4n) is 2.05. The molecule has 1 heterocycles. The van der Waals surface area contributed by atoms with Crippen LogP contribution in [-0.2, 0) is 6.18 Å². The summed E-state index contributed by atoms with van der Waals surface area (Å²) in [5.41, 5.74) is -0.696. The molecule has 0 saturated heterocycles. The molecule has 2 aromatic rings. The van der Waals surface area contributed by atoms with E-state index >= 15 is 0 Å². The van der Waals surface area contributed by atoms with Crippen LogP contribution in [0.5, 0.6) is 0 Å². The highest BCUT2D eigenvalue weighted by Crippen LogP contribution is 2.34. The maximum absolute atomic E-state index is 12.8. The van der Waals surface area contributed by atoms with Gasteiger partial charge in [0.25, 0.3) is 0 Å². The van der Waals surface area contributed by atoms with Crippen molar-refractivity contribution in [2.24, 2.45) is 0 Å². The van der Waals surface area contributed by atoms with E-state index in [2.05, 4.69) is 25.5 Å². The Morgan fingerprint density at radius 1 is 1.20 bits per heavy atom. The molecule has 0 unspecified atom stereocenters. The predicted molar refractivity (Wildman–Crippen MR) is 93.4 cm³/mol. The molecule has 0 atom stereocenters. The monoisotopic (exact) mass is 373 g/mol. The topological polar surface area (TPSA) is 53.1 Å². The molecule has 136 valence electrons. The smallest absolute Gasteiger partial charge is 0.370 e. The lowest BCUT2D eigenvalue weighted by atomic mass is 10.2. The van der Waals surface area contributed by atoms with Gasteiger partial charge in [0, 0.05) is 12.7 Å². The fourth-order valence-corrected chi connectivity index (χ4v) is 2.21. The maximum Gasteiger partial charge on any atom is 0.416 e. The van der Waals surface area contributed by atoms with Crippen molar-refractivity contribution in [1.29, 1.82) is 0 Å². The Morgan fingerprint density at radius 2 is 1.96 bits per heavy atom. The Hall–Kier alpha value is -2.06. The maximum atomic E-state index is 12.8. The standard InChI is InChI=1S/C16H19ClF3N5/c1-25(2)9-3-7-21-14-6-8-22-15(24-14)23-13-10-11(16(18,19)20)4-5-12(13)17/h4-6,8,10H,3,7,9H2,1-2H3,(H2,21,22,23,24). The molecule has 0 aliphatic rings. The van der Waals surface area contributed by atoms with Crippen LogP contribution in [0, 0.1) is 0 Å². The molecular weight excluding hydrogens is 355 g/mol. The Labute approximate surface area is 149 Å². The van der Waals surface area contributed by atoms with E-state index in [0.717, 1.165) is 31.6 Å². The molecule has 0 amide bonds. The average molecular weight is 374 g/mol. The van der Waals surface area contributed by atoms with Crippen LogP contribution < -0.4 is 10.6 Å². The van der Waals surface area contributed by atoms with Gasteiger partial charge in [-0.25, -0.2) is 4.98 Å². The fraction of sp³-hybridized carbons (Fsp3) is 0.375. The van der Waals surface area contributed by atoms with Gasteiger partial charge in [-0.15, -0.1) is 0 Å². The lowest BCUT2D eigenvalue weighted by Gasteiger charge is -2.13. The second-order valence-electron chi connectivity index (χ2n) is 5.67. The van der Waals surface area contributed by atoms with Crippen molar-refractivity contribution in [2.45, 2.75) is 12.6 Å². The summed E-state index contributed by atoms with van der Waals surface area (Å²) in [6.45, 7) is 1.65. The molecule has 5 nitrogen and oxygen atoms in total. The van der Waals surface area contributed by atoms with Crippen LogP contribution >= 0.6 is 11.6 Å². The molecule has 2 N–H and O–H groups in total. The molecule has 0 bridgehead atoms. The van der Waals surface area contributed by atoms with Crippen LogP contribution in [0.3, 0.4) is 0 Å². The molecule has 1 aromatic heterocycles. The number of benzene rings is 1. The first-order valence-corrected chi connectivity index (χ1v) is 7.99. The molecule has 0 saturated carbocycles. The number of hydrogen-bond acceptors (Lipinski definition) is 5. The van der Waals surface area contributed by atoms with E-state index in [1.54, 1.807) is 6.07 Å². The van der Waals surface area contributed by atoms with E-state index in [1.807, 2.05) is 14.1 Å².